The van der Waals surface area contributed by atoms with Gasteiger partial charge < -0.3 is 18.9 Å². The normalized spacial score (nSPS) is 11.2. The summed E-state index contributed by atoms with van der Waals surface area (Å²) in [5, 5.41) is 0. The average molecular weight is 820 g/mol. The first-order valence-corrected chi connectivity index (χ1v) is 25.0. The van der Waals surface area contributed by atoms with Crippen molar-refractivity contribution in [1.82, 2.24) is 0 Å². The minimum Gasteiger partial charge on any atom is -0.462 e. The van der Waals surface area contributed by atoms with E-state index in [0.717, 1.165) is 51.4 Å². The number of unbranched alkanes of at least 4 members (excludes halogenated alkanes) is 20. The molecule has 0 atom stereocenters. The summed E-state index contributed by atoms with van der Waals surface area (Å²) < 4.78 is 21.1. The van der Waals surface area contributed by atoms with Crippen LogP contribution in [0.2, 0.25) is 0 Å². The molecule has 0 N–H and O–H groups in total. The Morgan fingerprint density at radius 3 is 0.632 bits per heavy atom. The number of ether oxygens (including phenoxy) is 4. The molecule has 0 unspecified atom stereocenters. The van der Waals surface area contributed by atoms with E-state index in [1.165, 1.54) is 127 Å². The van der Waals surface area contributed by atoms with Gasteiger partial charge in [-0.15, -0.1) is 0 Å². The third kappa shape index (κ3) is 32.9. The van der Waals surface area contributed by atoms with Crippen LogP contribution in [-0.2, 0) is 38.1 Å². The summed E-state index contributed by atoms with van der Waals surface area (Å²) in [6.07, 6.45) is 33.6. The van der Waals surface area contributed by atoms with E-state index >= 15 is 0 Å². The van der Waals surface area contributed by atoms with E-state index in [2.05, 4.69) is 26.3 Å². The molecule has 0 aliphatic heterocycles. The molecule has 0 fully saturated rings. The van der Waals surface area contributed by atoms with Crippen LogP contribution in [0.5, 0.6) is 0 Å². The van der Waals surface area contributed by atoms with Crippen molar-refractivity contribution in [1.29, 1.82) is 0 Å². The molecule has 8 nitrogen and oxygen atoms in total. The average Bonchev–Trinajstić information content (AvgIpc) is 3.17. The van der Waals surface area contributed by atoms with Gasteiger partial charge in [0, 0.05) is 29.6 Å². The molecule has 57 heavy (non-hydrogen) atoms. The third-order valence-electron chi connectivity index (χ3n) is 10.4. The molecule has 0 aromatic carbocycles. The number of rotatable bonds is 40. The number of esters is 4. The molecule has 0 aromatic heterocycles. The first-order chi connectivity index (χ1) is 27.3. The van der Waals surface area contributed by atoms with Crippen LogP contribution in [-0.4, -0.2) is 75.0 Å². The van der Waals surface area contributed by atoms with Gasteiger partial charge in [0.1, 0.15) is 0 Å². The lowest BCUT2D eigenvalue weighted by Gasteiger charge is -2.28. The molecule has 0 rings (SSSR count). The van der Waals surface area contributed by atoms with Gasteiger partial charge in [0.25, 0.3) is 0 Å². The van der Waals surface area contributed by atoms with Crippen molar-refractivity contribution in [2.75, 3.05) is 51.1 Å². The quantitative estimate of drug-likeness (QED) is 0.0198. The highest BCUT2D eigenvalue weighted by Crippen LogP contribution is 2.61. The zero-order valence-electron chi connectivity index (χ0n) is 37.2. The predicted molar refractivity (Wildman–Crippen MR) is 240 cm³/mol. The van der Waals surface area contributed by atoms with Gasteiger partial charge in [0.2, 0.25) is 0 Å². The van der Waals surface area contributed by atoms with Crippen molar-refractivity contribution < 1.29 is 38.1 Å². The lowest BCUT2D eigenvalue weighted by Crippen LogP contribution is -2.13. The van der Waals surface area contributed by atoms with Crippen LogP contribution in [0.1, 0.15) is 182 Å². The molecular weight excluding hydrogens is 735 g/mol. The number of hydrogen-bond acceptors (Lipinski definition) is 8. The van der Waals surface area contributed by atoms with Crippen molar-refractivity contribution >= 4 is 31.1 Å². The molecule has 328 valence electrons. The predicted octanol–water partition coefficient (Wildman–Crippen LogP) is 12.8. The molecule has 0 aromatic rings. The maximum atomic E-state index is 11.7. The van der Waals surface area contributed by atoms with Crippen molar-refractivity contribution in [2.24, 2.45) is 0 Å². The van der Waals surface area contributed by atoms with E-state index in [9.17, 15) is 19.2 Å². The molecule has 0 heterocycles. The monoisotopic (exact) mass is 820 g/mol. The van der Waals surface area contributed by atoms with Crippen LogP contribution in [0.4, 0.5) is 0 Å². The summed E-state index contributed by atoms with van der Waals surface area (Å²) in [6.45, 7) is 23.3. The Hall–Kier alpha value is -2.73. The zero-order valence-corrected chi connectivity index (χ0v) is 38.1. The Morgan fingerprint density at radius 1 is 0.298 bits per heavy atom. The second kappa shape index (κ2) is 36.4. The van der Waals surface area contributed by atoms with Crippen molar-refractivity contribution in [3.05, 3.63) is 48.6 Å². The Labute approximate surface area is 349 Å². The van der Waals surface area contributed by atoms with Crippen LogP contribution >= 0.6 is 7.26 Å². The van der Waals surface area contributed by atoms with Gasteiger partial charge in [-0.05, 0) is 105 Å². The zero-order chi connectivity index (χ0) is 42.6. The summed E-state index contributed by atoms with van der Waals surface area (Å²) in [4.78, 5) is 46.6. The summed E-state index contributed by atoms with van der Waals surface area (Å²) >= 11 is 0. The van der Waals surface area contributed by atoms with Gasteiger partial charge in [-0.3, -0.25) is 0 Å². The molecular formula is C48H84O8P+. The van der Waals surface area contributed by atoms with Crippen LogP contribution < -0.4 is 0 Å². The smallest absolute Gasteiger partial charge is 0.333 e. The molecule has 9 heteroatoms. The van der Waals surface area contributed by atoms with E-state index < -0.39 is 7.26 Å². The Bertz CT molecular complexity index is 993. The van der Waals surface area contributed by atoms with E-state index in [-0.39, 0.29) is 23.9 Å². The molecule has 0 bridgehead atoms. The fourth-order valence-corrected chi connectivity index (χ4v) is 11.8. The number of hydrogen-bond donors (Lipinski definition) is 0. The van der Waals surface area contributed by atoms with Gasteiger partial charge in [-0.25, -0.2) is 19.2 Å². The lowest BCUT2D eigenvalue weighted by molar-refractivity contribution is -0.139. The van der Waals surface area contributed by atoms with Gasteiger partial charge in [0.05, 0.1) is 51.1 Å². The first-order valence-electron chi connectivity index (χ1n) is 22.5. The molecule has 0 aliphatic rings. The van der Waals surface area contributed by atoms with Crippen LogP contribution in [0, 0.1) is 0 Å². The van der Waals surface area contributed by atoms with Gasteiger partial charge in [-0.1, -0.05) is 103 Å². The standard InChI is InChI=1S/C48H84O8P/c1-41(2)45(49)53-33-25-17-9-13-21-29-37-57(38-30-22-14-10-18-26-34-54-46(50)42(3)4,39-31-23-15-11-19-27-35-55-47(51)43(5)6)40-32-24-16-12-20-28-36-56-48(52)44(7)8/h1,3,5,7,9-40H2,2,4,6,8H3/q+1. The maximum absolute atomic E-state index is 11.7. The second-order valence-electron chi connectivity index (χ2n) is 16.4. The number of carbonyl (C=O) groups is 4. The Morgan fingerprint density at radius 2 is 0.456 bits per heavy atom. The Balaban J connectivity index is 5.14. The highest BCUT2D eigenvalue weighted by molar-refractivity contribution is 7.75. The van der Waals surface area contributed by atoms with Crippen LogP contribution in [0.3, 0.4) is 0 Å². The maximum Gasteiger partial charge on any atom is 0.333 e. The summed E-state index contributed by atoms with van der Waals surface area (Å²) in [6, 6.07) is 0. The van der Waals surface area contributed by atoms with E-state index in [1.54, 1.807) is 27.7 Å². The fourth-order valence-electron chi connectivity index (χ4n) is 6.85. The lowest BCUT2D eigenvalue weighted by atomic mass is 10.1. The largest absolute Gasteiger partial charge is 0.462 e. The van der Waals surface area contributed by atoms with E-state index in [1.807, 2.05) is 0 Å². The summed E-state index contributed by atoms with van der Waals surface area (Å²) in [5.41, 5.74) is 1.83. The van der Waals surface area contributed by atoms with Crippen molar-refractivity contribution in [2.45, 2.75) is 182 Å². The minimum atomic E-state index is -1.11. The number of carbonyl (C=O) groups excluding carboxylic acids is 4. The van der Waals surface area contributed by atoms with Gasteiger partial charge in [0.15, 0.2) is 0 Å². The van der Waals surface area contributed by atoms with Crippen molar-refractivity contribution in [3.8, 4) is 0 Å². The molecule has 0 aliphatic carbocycles. The minimum absolute atomic E-state index is 0.292. The van der Waals surface area contributed by atoms with Gasteiger partial charge >= 0.3 is 23.9 Å². The molecule has 0 radical (unpaired) electrons. The second-order valence-corrected chi connectivity index (χ2v) is 20.9. The topological polar surface area (TPSA) is 105 Å². The van der Waals surface area contributed by atoms with Crippen LogP contribution in [0.15, 0.2) is 48.6 Å². The summed E-state index contributed by atoms with van der Waals surface area (Å²) in [5.74, 6) is -1.17. The van der Waals surface area contributed by atoms with Crippen LogP contribution in [0.25, 0.3) is 0 Å². The Kier molecular flexibility index (Phi) is 34.6. The first kappa shape index (κ1) is 54.3. The van der Waals surface area contributed by atoms with E-state index in [0.29, 0.717) is 48.7 Å². The van der Waals surface area contributed by atoms with Crippen molar-refractivity contribution in [3.63, 3.8) is 0 Å². The molecule has 0 saturated carbocycles. The van der Waals surface area contributed by atoms with E-state index in [4.69, 9.17) is 18.9 Å². The highest BCUT2D eigenvalue weighted by atomic mass is 31.2. The van der Waals surface area contributed by atoms with Gasteiger partial charge in [-0.2, -0.15) is 0 Å². The SMILES string of the molecule is C=C(C)C(=O)OCCCCCCCC[P+](CCCCCCCCOC(=O)C(=C)C)(CCCCCCCCOC(=O)C(=C)C)CCCCCCCCOC(=O)C(=C)C. The fraction of sp³-hybridized carbons (Fsp3) is 0.750. The third-order valence-corrected chi connectivity index (χ3v) is 15.5. The highest BCUT2D eigenvalue weighted by Gasteiger charge is 2.35. The molecule has 0 amide bonds. The molecule has 0 saturated heterocycles. The summed E-state index contributed by atoms with van der Waals surface area (Å²) in [7, 11) is -1.11. The molecule has 0 spiro atoms.